The number of fused-ring (bicyclic) bond motifs is 1. The first-order valence-corrected chi connectivity index (χ1v) is 16.2. The van der Waals surface area contributed by atoms with Gasteiger partial charge in [-0.25, -0.2) is 13.6 Å². The number of ether oxygens (including phenoxy) is 1. The predicted octanol–water partition coefficient (Wildman–Crippen LogP) is 6.13. The summed E-state index contributed by atoms with van der Waals surface area (Å²) in [7, 11) is -3.63. The predicted molar refractivity (Wildman–Crippen MR) is 166 cm³/mol. The molecular formula is C33H47N3O3S. The molecule has 7 heteroatoms. The van der Waals surface area contributed by atoms with E-state index in [1.807, 2.05) is 26.0 Å². The number of aryl methyl sites for hydroxylation is 2. The molecule has 0 aliphatic carbocycles. The summed E-state index contributed by atoms with van der Waals surface area (Å²) < 4.78 is 28.8. The van der Waals surface area contributed by atoms with Crippen molar-refractivity contribution >= 4 is 15.7 Å². The molecule has 2 aliphatic heterocycles. The zero-order chi connectivity index (χ0) is 29.0. The molecular weight excluding hydrogens is 518 g/mol. The van der Waals surface area contributed by atoms with E-state index in [-0.39, 0.29) is 11.0 Å². The normalized spacial score (nSPS) is 17.1. The first-order chi connectivity index (χ1) is 19.3. The molecule has 1 atom stereocenters. The fraction of sp³-hybridized carbons (Fsp3) is 0.455. The number of anilines is 1. The van der Waals surface area contributed by atoms with Crippen molar-refractivity contribution in [2.75, 3.05) is 44.2 Å². The fourth-order valence-electron chi connectivity index (χ4n) is 5.30. The standard InChI is InChI=1S/C22H29N3O3S.C9H12.C2H6/c23-29(26,27)20-9-7-19(8-10-20)25-15-13-24(14-16-25)12-3-6-22-21-5-2-1-4-18(21)11-17-28-22;1-3-9-7-5-4-6-8(9)2;1-2/h1-2,4-5,7-10,22H,3,6,11-17H2,(H2,23,26,27);4-7H,3H2,1-2H3;1-2H3. The third kappa shape index (κ3) is 9.16. The fourth-order valence-corrected chi connectivity index (χ4v) is 5.81. The van der Waals surface area contributed by atoms with Gasteiger partial charge in [-0.15, -0.1) is 0 Å². The van der Waals surface area contributed by atoms with E-state index in [9.17, 15) is 8.42 Å². The molecule has 0 bridgehead atoms. The average molecular weight is 566 g/mol. The molecule has 1 fully saturated rings. The van der Waals surface area contributed by atoms with Crippen LogP contribution in [0.5, 0.6) is 0 Å². The second kappa shape index (κ2) is 15.9. The Balaban J connectivity index is 0.000000339. The van der Waals surface area contributed by atoms with Crippen molar-refractivity contribution < 1.29 is 13.2 Å². The van der Waals surface area contributed by atoms with E-state index in [4.69, 9.17) is 9.88 Å². The maximum atomic E-state index is 11.4. The van der Waals surface area contributed by atoms with Crippen molar-refractivity contribution in [2.45, 2.75) is 64.4 Å². The minimum Gasteiger partial charge on any atom is -0.373 e. The topological polar surface area (TPSA) is 75.9 Å². The highest BCUT2D eigenvalue weighted by Gasteiger charge is 2.22. The molecule has 1 saturated heterocycles. The molecule has 2 N–H and O–H groups in total. The average Bonchev–Trinajstić information content (AvgIpc) is 2.99. The van der Waals surface area contributed by atoms with Gasteiger partial charge in [0.05, 0.1) is 17.6 Å². The summed E-state index contributed by atoms with van der Waals surface area (Å²) in [6.45, 7) is 14.2. The van der Waals surface area contributed by atoms with Crippen LogP contribution in [0.4, 0.5) is 5.69 Å². The van der Waals surface area contributed by atoms with Gasteiger partial charge in [0.15, 0.2) is 0 Å². The Morgan fingerprint density at radius 1 is 0.900 bits per heavy atom. The zero-order valence-corrected chi connectivity index (χ0v) is 25.5. The van der Waals surface area contributed by atoms with Crippen LogP contribution < -0.4 is 10.0 Å². The van der Waals surface area contributed by atoms with Gasteiger partial charge < -0.3 is 9.64 Å². The van der Waals surface area contributed by atoms with Crippen LogP contribution in [0.3, 0.4) is 0 Å². The van der Waals surface area contributed by atoms with E-state index in [1.165, 1.54) is 22.3 Å². The van der Waals surface area contributed by atoms with Crippen molar-refractivity contribution in [3.63, 3.8) is 0 Å². The van der Waals surface area contributed by atoms with Gasteiger partial charge >= 0.3 is 0 Å². The first-order valence-electron chi connectivity index (χ1n) is 14.7. The lowest BCUT2D eigenvalue weighted by Crippen LogP contribution is -2.46. The number of nitrogens with two attached hydrogens (primary N) is 1. The molecule has 40 heavy (non-hydrogen) atoms. The molecule has 2 aliphatic rings. The van der Waals surface area contributed by atoms with E-state index in [0.29, 0.717) is 0 Å². The second-order valence-corrected chi connectivity index (χ2v) is 11.7. The number of hydrogen-bond acceptors (Lipinski definition) is 5. The molecule has 1 unspecified atom stereocenters. The summed E-state index contributed by atoms with van der Waals surface area (Å²) in [5.41, 5.74) is 6.71. The summed E-state index contributed by atoms with van der Waals surface area (Å²) in [6, 6.07) is 24.0. The summed E-state index contributed by atoms with van der Waals surface area (Å²) in [6.07, 6.45) is 4.59. The van der Waals surface area contributed by atoms with E-state index >= 15 is 0 Å². The van der Waals surface area contributed by atoms with Gasteiger partial charge in [-0.3, -0.25) is 4.90 Å². The molecule has 0 aromatic heterocycles. The smallest absolute Gasteiger partial charge is 0.238 e. The number of piperazine rings is 1. The number of sulfonamides is 1. The highest BCUT2D eigenvalue weighted by atomic mass is 32.2. The monoisotopic (exact) mass is 565 g/mol. The molecule has 5 rings (SSSR count). The van der Waals surface area contributed by atoms with Crippen LogP contribution in [0.25, 0.3) is 0 Å². The second-order valence-electron chi connectivity index (χ2n) is 10.1. The minimum atomic E-state index is -3.63. The summed E-state index contributed by atoms with van der Waals surface area (Å²) in [5, 5.41) is 5.17. The number of hydrogen-bond donors (Lipinski definition) is 1. The lowest BCUT2D eigenvalue weighted by atomic mass is 9.95. The van der Waals surface area contributed by atoms with Gasteiger partial charge in [-0.1, -0.05) is 69.3 Å². The molecule has 3 aromatic carbocycles. The van der Waals surface area contributed by atoms with Gasteiger partial charge in [0.25, 0.3) is 0 Å². The van der Waals surface area contributed by atoms with Crippen LogP contribution in [-0.2, 0) is 27.6 Å². The van der Waals surface area contributed by atoms with E-state index in [2.05, 4.69) is 72.2 Å². The molecule has 2 heterocycles. The minimum absolute atomic E-state index is 0.159. The van der Waals surface area contributed by atoms with Crippen LogP contribution in [0.15, 0.2) is 77.7 Å². The summed E-state index contributed by atoms with van der Waals surface area (Å²) >= 11 is 0. The number of primary sulfonamides is 1. The van der Waals surface area contributed by atoms with E-state index in [0.717, 1.165) is 70.7 Å². The number of nitrogens with zero attached hydrogens (tertiary/aromatic N) is 2. The zero-order valence-electron chi connectivity index (χ0n) is 24.7. The Morgan fingerprint density at radius 2 is 1.55 bits per heavy atom. The molecule has 6 nitrogen and oxygen atoms in total. The Bertz CT molecular complexity index is 1270. The maximum absolute atomic E-state index is 11.4. The van der Waals surface area contributed by atoms with Crippen molar-refractivity contribution in [1.29, 1.82) is 0 Å². The molecule has 3 aromatic rings. The van der Waals surface area contributed by atoms with Gasteiger partial charge in [0.2, 0.25) is 10.0 Å². The third-order valence-electron chi connectivity index (χ3n) is 7.58. The third-order valence-corrected chi connectivity index (χ3v) is 8.51. The molecule has 0 saturated carbocycles. The van der Waals surface area contributed by atoms with Crippen molar-refractivity contribution in [1.82, 2.24) is 4.90 Å². The Hall–Kier alpha value is -2.71. The number of benzene rings is 3. The quantitative estimate of drug-likeness (QED) is 0.373. The Labute approximate surface area is 242 Å². The van der Waals surface area contributed by atoms with E-state index < -0.39 is 10.0 Å². The molecule has 218 valence electrons. The molecule has 0 radical (unpaired) electrons. The Morgan fingerprint density at radius 3 is 2.17 bits per heavy atom. The van der Waals surface area contributed by atoms with Crippen LogP contribution in [-0.4, -0.2) is 52.6 Å². The van der Waals surface area contributed by atoms with Gasteiger partial charge in [-0.05, 0) is 85.7 Å². The van der Waals surface area contributed by atoms with Crippen molar-refractivity contribution in [2.24, 2.45) is 5.14 Å². The lowest BCUT2D eigenvalue weighted by molar-refractivity contribution is 0.0332. The van der Waals surface area contributed by atoms with Crippen LogP contribution in [0, 0.1) is 6.92 Å². The Kier molecular flexibility index (Phi) is 12.7. The maximum Gasteiger partial charge on any atom is 0.238 e. The van der Waals surface area contributed by atoms with Gasteiger partial charge in [0, 0.05) is 31.9 Å². The highest BCUT2D eigenvalue weighted by Crippen LogP contribution is 2.30. The number of rotatable bonds is 7. The highest BCUT2D eigenvalue weighted by molar-refractivity contribution is 7.89. The molecule has 0 amide bonds. The summed E-state index contributed by atoms with van der Waals surface area (Å²) in [4.78, 5) is 4.96. The van der Waals surface area contributed by atoms with Crippen LogP contribution in [0.1, 0.15) is 62.0 Å². The summed E-state index contributed by atoms with van der Waals surface area (Å²) in [5.74, 6) is 0. The molecule has 0 spiro atoms. The van der Waals surface area contributed by atoms with Gasteiger partial charge in [-0.2, -0.15) is 0 Å². The SMILES string of the molecule is CC.CCc1ccccc1C.NS(=O)(=O)c1ccc(N2CCN(CCCC3OCCc4ccccc43)CC2)cc1. The largest absolute Gasteiger partial charge is 0.373 e. The van der Waals surface area contributed by atoms with Gasteiger partial charge in [0.1, 0.15) is 0 Å². The lowest BCUT2D eigenvalue weighted by Gasteiger charge is -2.36. The van der Waals surface area contributed by atoms with Crippen molar-refractivity contribution in [3.05, 3.63) is 95.1 Å². The van der Waals surface area contributed by atoms with Crippen LogP contribution >= 0.6 is 0 Å². The first kappa shape index (κ1) is 31.8. The van der Waals surface area contributed by atoms with Crippen molar-refractivity contribution in [3.8, 4) is 0 Å². The van der Waals surface area contributed by atoms with E-state index in [1.54, 1.807) is 12.1 Å². The van der Waals surface area contributed by atoms with Crippen LogP contribution in [0.2, 0.25) is 0 Å².